The van der Waals surface area contributed by atoms with Crippen molar-refractivity contribution in [1.82, 2.24) is 5.32 Å². The van der Waals surface area contributed by atoms with E-state index in [9.17, 15) is 9.59 Å². The zero-order valence-corrected chi connectivity index (χ0v) is 14.9. The summed E-state index contributed by atoms with van der Waals surface area (Å²) in [5.74, 6) is -0.844. The van der Waals surface area contributed by atoms with Crippen LogP contribution in [-0.2, 0) is 9.53 Å². The van der Waals surface area contributed by atoms with Crippen LogP contribution in [0.1, 0.15) is 16.8 Å². The number of ether oxygens (including phenoxy) is 1. The molecule has 0 saturated carbocycles. The Labute approximate surface area is 149 Å². The van der Waals surface area contributed by atoms with Gasteiger partial charge in [-0.05, 0) is 27.7 Å². The van der Waals surface area contributed by atoms with Gasteiger partial charge in [0.1, 0.15) is 6.04 Å². The number of carbonyl (C=O) groups is 2. The lowest BCUT2D eigenvalue weighted by atomic mass is 10.0. The van der Waals surface area contributed by atoms with Crippen LogP contribution in [0.2, 0.25) is 0 Å². The molecule has 0 bridgehead atoms. The zero-order valence-electron chi connectivity index (χ0n) is 13.3. The van der Waals surface area contributed by atoms with Crippen molar-refractivity contribution in [3.63, 3.8) is 0 Å². The van der Waals surface area contributed by atoms with Gasteiger partial charge in [0, 0.05) is 12.0 Å². The predicted octanol–water partition coefficient (Wildman–Crippen LogP) is 3.92. The van der Waals surface area contributed by atoms with E-state index < -0.39 is 12.0 Å². The van der Waals surface area contributed by atoms with Crippen molar-refractivity contribution in [2.24, 2.45) is 0 Å². The topological polar surface area (TPSA) is 55.4 Å². The van der Waals surface area contributed by atoms with Gasteiger partial charge in [0.15, 0.2) is 0 Å². The summed E-state index contributed by atoms with van der Waals surface area (Å²) in [6.45, 7) is 3.69. The number of benzene rings is 2. The summed E-state index contributed by atoms with van der Waals surface area (Å²) in [5.41, 5.74) is 2.57. The van der Waals surface area contributed by atoms with Crippen molar-refractivity contribution < 1.29 is 14.3 Å². The maximum Gasteiger partial charge on any atom is 0.328 e. The molecule has 0 spiro atoms. The van der Waals surface area contributed by atoms with Gasteiger partial charge in [-0.25, -0.2) is 4.79 Å². The summed E-state index contributed by atoms with van der Waals surface area (Å²) < 4.78 is 5.32. The van der Waals surface area contributed by atoms with Crippen LogP contribution in [0.5, 0.6) is 0 Å². The van der Waals surface area contributed by atoms with E-state index in [-0.39, 0.29) is 12.3 Å². The molecular formula is C19H18BrNO3. The SMILES string of the molecule is C=C(Br)C[C@H](NC(=O)c1ccc(-c2ccccc2)cc1)C(=O)OC. The average Bonchev–Trinajstić information content (AvgIpc) is 2.61. The summed E-state index contributed by atoms with van der Waals surface area (Å²) in [6, 6.07) is 16.3. The molecule has 24 heavy (non-hydrogen) atoms. The third kappa shape index (κ3) is 4.80. The van der Waals surface area contributed by atoms with E-state index in [0.29, 0.717) is 10.0 Å². The number of methoxy groups -OCH3 is 1. The lowest BCUT2D eigenvalue weighted by Gasteiger charge is -2.16. The third-order valence-electron chi connectivity index (χ3n) is 3.47. The number of hydrogen-bond donors (Lipinski definition) is 1. The molecule has 0 aliphatic carbocycles. The van der Waals surface area contributed by atoms with Crippen molar-refractivity contribution >= 4 is 27.8 Å². The molecule has 0 aromatic heterocycles. The maximum atomic E-state index is 12.3. The van der Waals surface area contributed by atoms with Crippen molar-refractivity contribution in [1.29, 1.82) is 0 Å². The molecule has 0 aliphatic heterocycles. The molecule has 0 unspecified atom stereocenters. The Morgan fingerprint density at radius 2 is 1.67 bits per heavy atom. The van der Waals surface area contributed by atoms with Gasteiger partial charge in [-0.2, -0.15) is 0 Å². The third-order valence-corrected chi connectivity index (χ3v) is 3.79. The van der Waals surface area contributed by atoms with E-state index in [1.54, 1.807) is 12.1 Å². The van der Waals surface area contributed by atoms with E-state index in [4.69, 9.17) is 4.74 Å². The van der Waals surface area contributed by atoms with Gasteiger partial charge in [0.2, 0.25) is 0 Å². The van der Waals surface area contributed by atoms with Crippen LogP contribution in [0, 0.1) is 0 Å². The van der Waals surface area contributed by atoms with Crippen LogP contribution in [0.25, 0.3) is 11.1 Å². The van der Waals surface area contributed by atoms with E-state index in [0.717, 1.165) is 11.1 Å². The van der Waals surface area contributed by atoms with E-state index in [1.807, 2.05) is 42.5 Å². The highest BCUT2D eigenvalue weighted by atomic mass is 79.9. The Kier molecular flexibility index (Phi) is 6.32. The number of carbonyl (C=O) groups excluding carboxylic acids is 2. The van der Waals surface area contributed by atoms with Crippen molar-refractivity contribution in [3.8, 4) is 11.1 Å². The average molecular weight is 388 g/mol. The van der Waals surface area contributed by atoms with Crippen molar-refractivity contribution in [3.05, 3.63) is 71.2 Å². The second-order valence-corrected chi connectivity index (χ2v) is 6.34. The summed E-state index contributed by atoms with van der Waals surface area (Å²) in [6.07, 6.45) is 0.264. The van der Waals surface area contributed by atoms with Crippen LogP contribution in [0.4, 0.5) is 0 Å². The van der Waals surface area contributed by atoms with Gasteiger partial charge >= 0.3 is 5.97 Å². The molecule has 0 fully saturated rings. The molecule has 1 amide bonds. The minimum Gasteiger partial charge on any atom is -0.467 e. The number of hydrogen-bond acceptors (Lipinski definition) is 3. The van der Waals surface area contributed by atoms with Crippen LogP contribution in [0.15, 0.2) is 65.7 Å². The first-order valence-corrected chi connectivity index (χ1v) is 8.18. The second-order valence-electron chi connectivity index (χ2n) is 5.21. The standard InChI is InChI=1S/C19H18BrNO3/c1-13(20)12-17(19(23)24-2)21-18(22)16-10-8-15(9-11-16)14-6-4-3-5-7-14/h3-11,17H,1,12H2,2H3,(H,21,22)/t17-/m0/s1. The van der Waals surface area contributed by atoms with Crippen LogP contribution >= 0.6 is 15.9 Å². The zero-order chi connectivity index (χ0) is 17.5. The minimum absolute atomic E-state index is 0.264. The van der Waals surface area contributed by atoms with E-state index >= 15 is 0 Å². The molecule has 0 saturated heterocycles. The minimum atomic E-state index is -0.775. The Bertz CT molecular complexity index is 726. The second kappa shape index (κ2) is 8.45. The van der Waals surface area contributed by atoms with Crippen LogP contribution in [-0.4, -0.2) is 25.0 Å². The fourth-order valence-corrected chi connectivity index (χ4v) is 2.57. The molecule has 2 rings (SSSR count). The monoisotopic (exact) mass is 387 g/mol. The normalized spacial score (nSPS) is 11.4. The highest BCUT2D eigenvalue weighted by molar-refractivity contribution is 9.11. The largest absolute Gasteiger partial charge is 0.467 e. The molecule has 5 heteroatoms. The van der Waals surface area contributed by atoms with Gasteiger partial charge in [-0.1, -0.05) is 65.0 Å². The number of halogens is 1. The molecule has 1 atom stereocenters. The smallest absolute Gasteiger partial charge is 0.328 e. The van der Waals surface area contributed by atoms with Crippen LogP contribution in [0.3, 0.4) is 0 Å². The Morgan fingerprint density at radius 3 is 2.21 bits per heavy atom. The Morgan fingerprint density at radius 1 is 1.08 bits per heavy atom. The molecule has 1 N–H and O–H groups in total. The fourth-order valence-electron chi connectivity index (χ4n) is 2.24. The van der Waals surface area contributed by atoms with Gasteiger partial charge in [-0.15, -0.1) is 0 Å². The quantitative estimate of drug-likeness (QED) is 0.764. The first-order valence-electron chi connectivity index (χ1n) is 7.38. The predicted molar refractivity (Wildman–Crippen MR) is 97.8 cm³/mol. The molecule has 0 aliphatic rings. The first-order chi connectivity index (χ1) is 11.5. The summed E-state index contributed by atoms with van der Waals surface area (Å²) in [7, 11) is 1.28. The Balaban J connectivity index is 2.11. The lowest BCUT2D eigenvalue weighted by molar-refractivity contribution is -0.142. The Hall–Kier alpha value is -2.40. The molecule has 2 aromatic carbocycles. The molecule has 124 valence electrons. The lowest BCUT2D eigenvalue weighted by Crippen LogP contribution is -2.41. The van der Waals surface area contributed by atoms with Gasteiger partial charge < -0.3 is 10.1 Å². The number of esters is 1. The van der Waals surface area contributed by atoms with Gasteiger partial charge in [0.25, 0.3) is 5.91 Å². The highest BCUT2D eigenvalue weighted by Gasteiger charge is 2.22. The number of nitrogens with one attached hydrogen (secondary N) is 1. The maximum absolute atomic E-state index is 12.3. The van der Waals surface area contributed by atoms with Crippen molar-refractivity contribution in [2.45, 2.75) is 12.5 Å². The van der Waals surface area contributed by atoms with Crippen molar-refractivity contribution in [2.75, 3.05) is 7.11 Å². The fraction of sp³-hybridized carbons (Fsp3) is 0.158. The number of rotatable bonds is 6. The molecule has 4 nitrogen and oxygen atoms in total. The van der Waals surface area contributed by atoms with Gasteiger partial charge in [-0.3, -0.25) is 4.79 Å². The molecule has 2 aromatic rings. The van der Waals surface area contributed by atoms with E-state index in [1.165, 1.54) is 7.11 Å². The van der Waals surface area contributed by atoms with E-state index in [2.05, 4.69) is 27.8 Å². The highest BCUT2D eigenvalue weighted by Crippen LogP contribution is 2.19. The first kappa shape index (κ1) is 17.9. The van der Waals surface area contributed by atoms with Gasteiger partial charge in [0.05, 0.1) is 7.11 Å². The summed E-state index contributed by atoms with van der Waals surface area (Å²) in [4.78, 5) is 24.1. The summed E-state index contributed by atoms with van der Waals surface area (Å²) >= 11 is 3.20. The van der Waals surface area contributed by atoms with Crippen LogP contribution < -0.4 is 5.32 Å². The number of amides is 1. The molecular weight excluding hydrogens is 370 g/mol. The molecule has 0 heterocycles. The summed E-state index contributed by atoms with van der Waals surface area (Å²) in [5, 5.41) is 2.67. The molecule has 0 radical (unpaired) electrons.